The molecule has 0 fully saturated rings. The van der Waals surface area contributed by atoms with Crippen molar-refractivity contribution in [3.05, 3.63) is 112 Å². The molecule has 0 aliphatic heterocycles. The van der Waals surface area contributed by atoms with Gasteiger partial charge in [-0.15, -0.1) is 0 Å². The number of benzene rings is 3. The molecule has 1 N–H and O–H groups in total. The maximum Gasteiger partial charge on any atom is 0.449 e. The van der Waals surface area contributed by atoms with Crippen LogP contribution in [0.1, 0.15) is 39.3 Å². The van der Waals surface area contributed by atoms with Gasteiger partial charge in [-0.3, -0.25) is 14.5 Å². The summed E-state index contributed by atoms with van der Waals surface area (Å²) in [5, 5.41) is 0. The normalized spacial score (nSPS) is 12.1. The second-order valence-corrected chi connectivity index (χ2v) is 12.5. The van der Waals surface area contributed by atoms with Gasteiger partial charge in [0.1, 0.15) is 11.5 Å². The van der Waals surface area contributed by atoms with Gasteiger partial charge in [0.2, 0.25) is 5.76 Å². The molecule has 0 saturated heterocycles. The second-order valence-electron chi connectivity index (χ2n) is 10.5. The summed E-state index contributed by atoms with van der Waals surface area (Å²) in [6.07, 6.45) is -4.56. The van der Waals surface area contributed by atoms with Gasteiger partial charge >= 0.3 is 6.18 Å². The molecule has 0 saturated carbocycles. The number of nitrogens with one attached hydrogen (secondary N) is 1. The van der Waals surface area contributed by atoms with Gasteiger partial charge in [0.25, 0.3) is 5.91 Å². The van der Waals surface area contributed by atoms with Crippen LogP contribution in [-0.4, -0.2) is 32.1 Å². The molecule has 0 spiro atoms. The Hall–Kier alpha value is -3.93. The van der Waals surface area contributed by atoms with E-state index >= 15 is 0 Å². The fourth-order valence-electron chi connectivity index (χ4n) is 5.02. The van der Waals surface area contributed by atoms with Crippen molar-refractivity contribution in [3.8, 4) is 11.1 Å². The molecule has 228 valence electrons. The average Bonchev–Trinajstić information content (AvgIpc) is 3.40. The minimum absolute atomic E-state index is 0.00650. The van der Waals surface area contributed by atoms with E-state index < -0.39 is 33.4 Å². The summed E-state index contributed by atoms with van der Waals surface area (Å²) in [6, 6.07) is 20.3. The van der Waals surface area contributed by atoms with Crippen molar-refractivity contribution in [2.24, 2.45) is 0 Å². The van der Waals surface area contributed by atoms with Crippen LogP contribution in [0.3, 0.4) is 0 Å². The summed E-state index contributed by atoms with van der Waals surface area (Å²) in [6.45, 7) is 7.16. The van der Waals surface area contributed by atoms with E-state index in [1.165, 1.54) is 25.3 Å². The summed E-state index contributed by atoms with van der Waals surface area (Å²) in [5.41, 5.74) is 8.77. The Morgan fingerprint density at radius 2 is 1.56 bits per heavy atom. The summed E-state index contributed by atoms with van der Waals surface area (Å²) >= 11 is 0. The number of alkyl halides is 3. The average molecular weight is 615 g/mol. The van der Waals surface area contributed by atoms with Crippen molar-refractivity contribution in [2.45, 2.75) is 51.5 Å². The number of hydroxylamine groups is 1. The molecule has 0 aliphatic carbocycles. The minimum Gasteiger partial charge on any atom is -0.455 e. The molecule has 7 nitrogen and oxygen atoms in total. The molecule has 11 heteroatoms. The Morgan fingerprint density at radius 1 is 0.884 bits per heavy atom. The van der Waals surface area contributed by atoms with Gasteiger partial charge < -0.3 is 4.42 Å². The van der Waals surface area contributed by atoms with Crippen molar-refractivity contribution < 1.29 is 35.6 Å². The number of carbonyl (C=O) groups is 1. The van der Waals surface area contributed by atoms with Gasteiger partial charge in [-0.1, -0.05) is 54.1 Å². The number of halogens is 3. The molecular weight excluding hydrogens is 581 g/mol. The van der Waals surface area contributed by atoms with Crippen molar-refractivity contribution in [1.29, 1.82) is 0 Å². The van der Waals surface area contributed by atoms with E-state index in [0.29, 0.717) is 18.7 Å². The molecule has 0 unspecified atom stereocenters. The summed E-state index contributed by atoms with van der Waals surface area (Å²) in [5.74, 6) is -2.34. The maximum absolute atomic E-state index is 13.2. The van der Waals surface area contributed by atoms with Gasteiger partial charge in [0, 0.05) is 13.1 Å². The first kappa shape index (κ1) is 32.0. The van der Waals surface area contributed by atoms with Gasteiger partial charge in [0.05, 0.1) is 18.6 Å². The molecule has 4 rings (SSSR count). The molecule has 1 heterocycles. The van der Waals surface area contributed by atoms with E-state index in [1.54, 1.807) is 12.1 Å². The Kier molecular flexibility index (Phi) is 9.79. The number of sulfone groups is 1. The lowest BCUT2D eigenvalue weighted by atomic mass is 9.99. The largest absolute Gasteiger partial charge is 0.455 e. The molecule has 1 aromatic heterocycles. The highest BCUT2D eigenvalue weighted by molar-refractivity contribution is 7.92. The third kappa shape index (κ3) is 8.34. The lowest BCUT2D eigenvalue weighted by Gasteiger charge is -2.24. The van der Waals surface area contributed by atoms with Gasteiger partial charge in [-0.2, -0.15) is 13.2 Å². The number of amides is 1. The smallest absolute Gasteiger partial charge is 0.449 e. The topological polar surface area (TPSA) is 88.8 Å². The first-order valence-corrected chi connectivity index (χ1v) is 15.1. The standard InChI is InChI=1S/C32H33F3N2O5S/c1-21-14-22(2)29(23(3)15-21)19-37(18-27-12-13-30(42-27)32(33,34)35)17-24-8-10-25(11-9-24)26-6-5-7-28(16-26)43(39,40)20-31(38)36-41-4/h5-16H,17-20H2,1-4H3,(H,36,38). The lowest BCUT2D eigenvalue weighted by molar-refractivity contribution is -0.153. The highest BCUT2D eigenvalue weighted by Gasteiger charge is 2.35. The van der Waals surface area contributed by atoms with Crippen molar-refractivity contribution in [2.75, 3.05) is 12.9 Å². The Bertz CT molecular complexity index is 1670. The van der Waals surface area contributed by atoms with Crippen molar-refractivity contribution in [1.82, 2.24) is 10.4 Å². The van der Waals surface area contributed by atoms with E-state index in [4.69, 9.17) is 4.42 Å². The zero-order chi connectivity index (χ0) is 31.4. The summed E-state index contributed by atoms with van der Waals surface area (Å²) < 4.78 is 70.1. The summed E-state index contributed by atoms with van der Waals surface area (Å²) in [7, 11) is -2.67. The zero-order valence-corrected chi connectivity index (χ0v) is 25.1. The molecule has 0 atom stereocenters. The summed E-state index contributed by atoms with van der Waals surface area (Å²) in [4.78, 5) is 18.3. The molecule has 3 aromatic carbocycles. The number of nitrogens with zero attached hydrogens (tertiary/aromatic N) is 1. The van der Waals surface area contributed by atoms with E-state index in [2.05, 4.69) is 17.0 Å². The highest BCUT2D eigenvalue weighted by atomic mass is 32.2. The fraction of sp³-hybridized carbons (Fsp3) is 0.281. The quantitative estimate of drug-likeness (QED) is 0.193. The molecule has 0 bridgehead atoms. The number of furan rings is 1. The Morgan fingerprint density at radius 3 is 2.16 bits per heavy atom. The van der Waals surface area contributed by atoms with Crippen LogP contribution < -0.4 is 5.48 Å². The lowest BCUT2D eigenvalue weighted by Crippen LogP contribution is -2.29. The third-order valence-electron chi connectivity index (χ3n) is 6.97. The highest BCUT2D eigenvalue weighted by Crippen LogP contribution is 2.31. The molecule has 0 radical (unpaired) electrons. The van der Waals surface area contributed by atoms with E-state index in [9.17, 15) is 26.4 Å². The van der Waals surface area contributed by atoms with Crippen molar-refractivity contribution in [3.63, 3.8) is 0 Å². The van der Waals surface area contributed by atoms with Gasteiger partial charge in [-0.25, -0.2) is 13.9 Å². The predicted molar refractivity (Wildman–Crippen MR) is 156 cm³/mol. The van der Waals surface area contributed by atoms with Crippen LogP contribution in [0.15, 0.2) is 82.1 Å². The first-order valence-electron chi connectivity index (χ1n) is 13.4. The second kappa shape index (κ2) is 13.2. The van der Waals surface area contributed by atoms with E-state index in [-0.39, 0.29) is 17.2 Å². The third-order valence-corrected chi connectivity index (χ3v) is 8.58. The number of carbonyl (C=O) groups excluding carboxylic acids is 1. The number of hydrogen-bond donors (Lipinski definition) is 1. The van der Waals surface area contributed by atoms with Gasteiger partial charge in [-0.05, 0) is 78.4 Å². The van der Waals surface area contributed by atoms with E-state index in [1.807, 2.05) is 55.4 Å². The number of aryl methyl sites for hydroxylation is 3. The Labute approximate surface area is 249 Å². The maximum atomic E-state index is 13.2. The first-order chi connectivity index (χ1) is 20.2. The zero-order valence-electron chi connectivity index (χ0n) is 24.3. The number of rotatable bonds is 11. The van der Waals surface area contributed by atoms with E-state index in [0.717, 1.165) is 39.4 Å². The SMILES string of the molecule is CONC(=O)CS(=O)(=O)c1cccc(-c2ccc(CN(Cc3ccc(C(F)(F)F)o3)Cc3c(C)cc(C)cc3C)cc2)c1. The fourth-order valence-corrected chi connectivity index (χ4v) is 6.18. The molecule has 4 aromatic rings. The Balaban J connectivity index is 1.57. The molecule has 0 aliphatic rings. The van der Waals surface area contributed by atoms with Crippen LogP contribution in [-0.2, 0) is 45.3 Å². The van der Waals surface area contributed by atoms with Crippen molar-refractivity contribution >= 4 is 15.7 Å². The van der Waals surface area contributed by atoms with Crippen LogP contribution in [0.25, 0.3) is 11.1 Å². The number of hydrogen-bond acceptors (Lipinski definition) is 6. The minimum atomic E-state index is -4.56. The molecule has 43 heavy (non-hydrogen) atoms. The van der Waals surface area contributed by atoms with Crippen LogP contribution in [0.2, 0.25) is 0 Å². The van der Waals surface area contributed by atoms with Crippen LogP contribution >= 0.6 is 0 Å². The monoisotopic (exact) mass is 614 g/mol. The predicted octanol–water partition coefficient (Wildman–Crippen LogP) is 6.54. The van der Waals surface area contributed by atoms with Crippen LogP contribution in [0.5, 0.6) is 0 Å². The van der Waals surface area contributed by atoms with Crippen LogP contribution in [0.4, 0.5) is 13.2 Å². The van der Waals surface area contributed by atoms with Gasteiger partial charge in [0.15, 0.2) is 9.84 Å². The van der Waals surface area contributed by atoms with Crippen LogP contribution in [0, 0.1) is 20.8 Å². The molecule has 1 amide bonds. The molecular formula is C32H33F3N2O5S.